The molecule has 2 aliphatic rings. The monoisotopic (exact) mass is 538 g/mol. The third-order valence-corrected chi connectivity index (χ3v) is 7.24. The molecule has 0 radical (unpaired) electrons. The molecule has 0 saturated carbocycles. The minimum Gasteiger partial charge on any atom is -0.322 e. The van der Waals surface area contributed by atoms with Crippen LogP contribution in [0.3, 0.4) is 0 Å². The van der Waals surface area contributed by atoms with Crippen molar-refractivity contribution in [3.8, 4) is 0 Å². The molecule has 2 N–H and O–H groups in total. The normalized spacial score (nSPS) is 14.8. The molecule has 0 bridgehead atoms. The number of fused-ring (bicyclic) bond motifs is 2. The summed E-state index contributed by atoms with van der Waals surface area (Å²) >= 11 is 0. The molecule has 0 fully saturated rings. The molecule has 10 heteroatoms. The van der Waals surface area contributed by atoms with E-state index in [0.29, 0.717) is 0 Å². The van der Waals surface area contributed by atoms with Crippen molar-refractivity contribution in [1.29, 1.82) is 0 Å². The number of nitrogens with one attached hydrogen (secondary N) is 2. The number of imide groups is 2. The average molecular weight is 539 g/mol. The molecule has 0 atom stereocenters. The number of para-hydroxylation sites is 2. The topological polar surface area (TPSA) is 133 Å². The second-order valence-corrected chi connectivity index (χ2v) is 10.6. The second-order valence-electron chi connectivity index (χ2n) is 10.6. The summed E-state index contributed by atoms with van der Waals surface area (Å²) in [6.45, 7) is 5.82. The lowest BCUT2D eigenvalue weighted by Gasteiger charge is -2.33. The number of amides is 6. The van der Waals surface area contributed by atoms with Crippen LogP contribution in [0.2, 0.25) is 0 Å². The van der Waals surface area contributed by atoms with Crippen LogP contribution in [0.15, 0.2) is 72.8 Å². The van der Waals surface area contributed by atoms with E-state index in [0.717, 1.165) is 9.80 Å². The van der Waals surface area contributed by atoms with Crippen molar-refractivity contribution in [2.75, 3.05) is 10.6 Å². The van der Waals surface area contributed by atoms with E-state index in [4.69, 9.17) is 0 Å². The van der Waals surface area contributed by atoms with Crippen molar-refractivity contribution in [3.63, 3.8) is 0 Å². The first kappa shape index (κ1) is 26.5. The first-order valence-corrected chi connectivity index (χ1v) is 12.5. The number of hydrogen-bond donors (Lipinski definition) is 2. The molecule has 0 spiro atoms. The Labute approximate surface area is 230 Å². The van der Waals surface area contributed by atoms with Crippen molar-refractivity contribution < 1.29 is 28.8 Å². The standard InChI is InChI=1S/C30H26N4O6/c1-29(2,33-23(35)17-11-5-6-12-18(17)24(33)36)27(39)31-21-15-9-10-16-22(21)32-28(40)30(3,4)34-25(37)19-13-7-8-14-20(19)26(34)38/h5-16H,1-4H3,(H,31,39)(H,32,40). The molecule has 2 heterocycles. The number of anilines is 2. The molecule has 6 amide bonds. The summed E-state index contributed by atoms with van der Waals surface area (Å²) in [4.78, 5) is 80.7. The van der Waals surface area contributed by atoms with Crippen molar-refractivity contribution >= 4 is 46.8 Å². The number of carbonyl (C=O) groups is 6. The maximum Gasteiger partial charge on any atom is 0.262 e. The van der Waals surface area contributed by atoms with E-state index in [2.05, 4.69) is 10.6 Å². The van der Waals surface area contributed by atoms with E-state index >= 15 is 0 Å². The summed E-state index contributed by atoms with van der Waals surface area (Å²) in [5.41, 5.74) is -1.89. The molecule has 10 nitrogen and oxygen atoms in total. The van der Waals surface area contributed by atoms with Crippen molar-refractivity contribution in [1.82, 2.24) is 9.80 Å². The van der Waals surface area contributed by atoms with Crippen LogP contribution < -0.4 is 10.6 Å². The Balaban J connectivity index is 1.36. The molecule has 2 aliphatic heterocycles. The highest BCUT2D eigenvalue weighted by Crippen LogP contribution is 2.33. The highest BCUT2D eigenvalue weighted by Gasteiger charge is 2.49. The van der Waals surface area contributed by atoms with Gasteiger partial charge in [-0.1, -0.05) is 36.4 Å². The van der Waals surface area contributed by atoms with E-state index in [1.165, 1.54) is 52.0 Å². The lowest BCUT2D eigenvalue weighted by atomic mass is 10.0. The maximum absolute atomic E-state index is 13.5. The zero-order valence-electron chi connectivity index (χ0n) is 22.3. The van der Waals surface area contributed by atoms with Gasteiger partial charge in [0, 0.05) is 0 Å². The number of nitrogens with zero attached hydrogens (tertiary/aromatic N) is 2. The molecule has 40 heavy (non-hydrogen) atoms. The van der Waals surface area contributed by atoms with Crippen molar-refractivity contribution in [2.45, 2.75) is 38.8 Å². The molecule has 0 saturated heterocycles. The van der Waals surface area contributed by atoms with Gasteiger partial charge < -0.3 is 10.6 Å². The predicted molar refractivity (Wildman–Crippen MR) is 146 cm³/mol. The van der Waals surface area contributed by atoms with E-state index in [1.54, 1.807) is 48.5 Å². The fourth-order valence-electron chi connectivity index (χ4n) is 4.85. The third-order valence-electron chi connectivity index (χ3n) is 7.24. The van der Waals surface area contributed by atoms with Gasteiger partial charge in [-0.2, -0.15) is 0 Å². The van der Waals surface area contributed by atoms with E-state index in [9.17, 15) is 28.8 Å². The molecule has 0 aliphatic carbocycles. The molecule has 0 aromatic heterocycles. The molecule has 202 valence electrons. The SMILES string of the molecule is CC(C)(C(=O)Nc1ccccc1NC(=O)C(C)(C)N1C(=O)c2ccccc2C1=O)N1C(=O)c2ccccc2C1=O. The fraction of sp³-hybridized carbons (Fsp3) is 0.200. The second kappa shape index (κ2) is 9.26. The molecule has 3 aromatic rings. The van der Waals surface area contributed by atoms with Gasteiger partial charge in [0.2, 0.25) is 11.8 Å². The smallest absolute Gasteiger partial charge is 0.262 e. The summed E-state index contributed by atoms with van der Waals surface area (Å²) in [5, 5.41) is 5.41. The minimum absolute atomic E-state index is 0.198. The summed E-state index contributed by atoms with van der Waals surface area (Å²) in [6.07, 6.45) is 0. The van der Waals surface area contributed by atoms with Gasteiger partial charge in [-0.05, 0) is 64.1 Å². The number of carbonyl (C=O) groups excluding carboxylic acids is 6. The lowest BCUT2D eigenvalue weighted by Crippen LogP contribution is -2.55. The van der Waals surface area contributed by atoms with Crippen LogP contribution in [-0.2, 0) is 9.59 Å². The van der Waals surface area contributed by atoms with Crippen molar-refractivity contribution in [3.05, 3.63) is 95.1 Å². The van der Waals surface area contributed by atoms with Gasteiger partial charge in [0.1, 0.15) is 11.1 Å². The molecule has 0 unspecified atom stereocenters. The van der Waals surface area contributed by atoms with E-state index < -0.39 is 46.5 Å². The average Bonchev–Trinajstić information content (AvgIpc) is 3.34. The Kier molecular flexibility index (Phi) is 6.13. The highest BCUT2D eigenvalue weighted by atomic mass is 16.2. The Morgan fingerprint density at radius 2 is 0.750 bits per heavy atom. The van der Waals surface area contributed by atoms with Crippen LogP contribution in [0, 0.1) is 0 Å². The van der Waals surface area contributed by atoms with Crippen LogP contribution in [-0.4, -0.2) is 56.3 Å². The summed E-state index contributed by atoms with van der Waals surface area (Å²) in [5.74, 6) is -3.64. The number of rotatable bonds is 6. The van der Waals surface area contributed by atoms with Gasteiger partial charge >= 0.3 is 0 Å². The zero-order chi connectivity index (χ0) is 29.0. The quantitative estimate of drug-likeness (QED) is 0.460. The maximum atomic E-state index is 13.5. The summed E-state index contributed by atoms with van der Waals surface area (Å²) < 4.78 is 0. The van der Waals surface area contributed by atoms with Gasteiger partial charge in [-0.25, -0.2) is 0 Å². The van der Waals surface area contributed by atoms with Crippen LogP contribution >= 0.6 is 0 Å². The van der Waals surface area contributed by atoms with E-state index in [-0.39, 0.29) is 33.6 Å². The molecular weight excluding hydrogens is 512 g/mol. The Morgan fingerprint density at radius 1 is 0.500 bits per heavy atom. The van der Waals surface area contributed by atoms with Gasteiger partial charge in [0.05, 0.1) is 33.6 Å². The van der Waals surface area contributed by atoms with Gasteiger partial charge in [0.25, 0.3) is 23.6 Å². The largest absolute Gasteiger partial charge is 0.322 e. The predicted octanol–water partition coefficient (Wildman–Crippen LogP) is 3.71. The summed E-state index contributed by atoms with van der Waals surface area (Å²) in [7, 11) is 0. The van der Waals surface area contributed by atoms with Crippen LogP contribution in [0.1, 0.15) is 69.1 Å². The number of benzene rings is 3. The molecule has 3 aromatic carbocycles. The van der Waals surface area contributed by atoms with Gasteiger partial charge in [0.15, 0.2) is 0 Å². The fourth-order valence-corrected chi connectivity index (χ4v) is 4.85. The first-order valence-electron chi connectivity index (χ1n) is 12.5. The summed E-state index contributed by atoms with van der Waals surface area (Å²) in [6, 6.07) is 19.1. The van der Waals surface area contributed by atoms with Crippen LogP contribution in [0.5, 0.6) is 0 Å². The first-order chi connectivity index (χ1) is 18.9. The van der Waals surface area contributed by atoms with E-state index in [1.807, 2.05) is 0 Å². The lowest BCUT2D eigenvalue weighted by molar-refractivity contribution is -0.124. The Morgan fingerprint density at radius 3 is 1.02 bits per heavy atom. The third kappa shape index (κ3) is 3.96. The minimum atomic E-state index is -1.58. The van der Waals surface area contributed by atoms with Crippen molar-refractivity contribution in [2.24, 2.45) is 0 Å². The zero-order valence-corrected chi connectivity index (χ0v) is 22.3. The van der Waals surface area contributed by atoms with Gasteiger partial charge in [-0.3, -0.25) is 38.6 Å². The molecular formula is C30H26N4O6. The van der Waals surface area contributed by atoms with Gasteiger partial charge in [-0.15, -0.1) is 0 Å². The van der Waals surface area contributed by atoms with Crippen LogP contribution in [0.4, 0.5) is 11.4 Å². The highest BCUT2D eigenvalue weighted by molar-refractivity contribution is 6.25. The Hall–Kier alpha value is -5.12. The number of hydrogen-bond acceptors (Lipinski definition) is 6. The van der Waals surface area contributed by atoms with Crippen LogP contribution in [0.25, 0.3) is 0 Å². The molecule has 5 rings (SSSR count). The Bertz CT molecular complexity index is 1450.